The standard InChI is InChI=1S/C25H41FN2O/c1-2-3-4-5-6-7-8-9-10-11-12-13-14-15-16-17-25(29)28-27-22-23-18-20-24(26)21-19-23/h18-22H,2-17H2,1H3,(H,28,29)/b27-22+. The van der Waals surface area contributed by atoms with Gasteiger partial charge in [0.25, 0.3) is 0 Å². The summed E-state index contributed by atoms with van der Waals surface area (Å²) in [5.74, 6) is -0.336. The van der Waals surface area contributed by atoms with Crippen molar-refractivity contribution in [3.05, 3.63) is 35.6 Å². The number of carbonyl (C=O) groups is 1. The van der Waals surface area contributed by atoms with E-state index in [1.807, 2.05) is 0 Å². The fourth-order valence-corrected chi connectivity index (χ4v) is 3.44. The summed E-state index contributed by atoms with van der Waals surface area (Å²) >= 11 is 0. The average Bonchev–Trinajstić information content (AvgIpc) is 2.72. The first-order valence-corrected chi connectivity index (χ1v) is 11.8. The molecule has 4 heteroatoms. The van der Waals surface area contributed by atoms with Crippen LogP contribution in [0.15, 0.2) is 29.4 Å². The highest BCUT2D eigenvalue weighted by Gasteiger charge is 1.99. The fourth-order valence-electron chi connectivity index (χ4n) is 3.44. The van der Waals surface area contributed by atoms with Crippen molar-refractivity contribution in [1.82, 2.24) is 5.43 Å². The Labute approximate surface area is 177 Å². The molecule has 0 bridgehead atoms. The lowest BCUT2D eigenvalue weighted by atomic mass is 10.0. The third kappa shape index (κ3) is 15.8. The normalized spacial score (nSPS) is 11.2. The van der Waals surface area contributed by atoms with E-state index in [4.69, 9.17) is 0 Å². The topological polar surface area (TPSA) is 41.5 Å². The molecule has 29 heavy (non-hydrogen) atoms. The van der Waals surface area contributed by atoms with Gasteiger partial charge in [0.1, 0.15) is 5.82 Å². The number of benzene rings is 1. The number of nitrogens with zero attached hydrogens (tertiary/aromatic N) is 1. The lowest BCUT2D eigenvalue weighted by Crippen LogP contribution is -2.16. The minimum Gasteiger partial charge on any atom is -0.273 e. The number of hydrogen-bond acceptors (Lipinski definition) is 2. The van der Waals surface area contributed by atoms with Crippen molar-refractivity contribution in [3.63, 3.8) is 0 Å². The van der Waals surface area contributed by atoms with Crippen molar-refractivity contribution >= 4 is 12.1 Å². The van der Waals surface area contributed by atoms with E-state index in [0.717, 1.165) is 18.4 Å². The highest BCUT2D eigenvalue weighted by molar-refractivity contribution is 5.82. The van der Waals surface area contributed by atoms with Crippen LogP contribution in [0.2, 0.25) is 0 Å². The van der Waals surface area contributed by atoms with Gasteiger partial charge in [0.15, 0.2) is 0 Å². The molecule has 1 aromatic rings. The molecule has 164 valence electrons. The predicted molar refractivity (Wildman–Crippen MR) is 122 cm³/mol. The first-order chi connectivity index (χ1) is 14.2. The van der Waals surface area contributed by atoms with Gasteiger partial charge in [0.05, 0.1) is 6.21 Å². The zero-order chi connectivity index (χ0) is 21.0. The van der Waals surface area contributed by atoms with E-state index in [9.17, 15) is 9.18 Å². The zero-order valence-electron chi connectivity index (χ0n) is 18.4. The lowest BCUT2D eigenvalue weighted by molar-refractivity contribution is -0.121. The Balaban J connectivity index is 1.83. The first-order valence-electron chi connectivity index (χ1n) is 11.8. The maximum absolute atomic E-state index is 12.8. The summed E-state index contributed by atoms with van der Waals surface area (Å²) in [6.45, 7) is 2.27. The van der Waals surface area contributed by atoms with Gasteiger partial charge in [-0.1, -0.05) is 109 Å². The number of hydrogen-bond donors (Lipinski definition) is 1. The molecule has 1 aromatic carbocycles. The molecular formula is C25H41FN2O. The number of unbranched alkanes of at least 4 members (excludes halogenated alkanes) is 14. The van der Waals surface area contributed by atoms with Gasteiger partial charge < -0.3 is 0 Å². The van der Waals surface area contributed by atoms with Crippen LogP contribution in [0.5, 0.6) is 0 Å². The second kappa shape index (κ2) is 18.3. The molecule has 0 fully saturated rings. The smallest absolute Gasteiger partial charge is 0.240 e. The van der Waals surface area contributed by atoms with Crippen LogP contribution < -0.4 is 5.43 Å². The molecule has 0 unspecified atom stereocenters. The van der Waals surface area contributed by atoms with Crippen LogP contribution in [0.3, 0.4) is 0 Å². The van der Waals surface area contributed by atoms with Crippen LogP contribution in [0.1, 0.15) is 115 Å². The van der Waals surface area contributed by atoms with Gasteiger partial charge in [-0.15, -0.1) is 0 Å². The summed E-state index contributed by atoms with van der Waals surface area (Å²) in [4.78, 5) is 11.7. The Hall–Kier alpha value is -1.71. The maximum atomic E-state index is 12.8. The summed E-state index contributed by atoms with van der Waals surface area (Å²) in [6.07, 6.45) is 21.8. The second-order valence-electron chi connectivity index (χ2n) is 8.04. The van der Waals surface area contributed by atoms with Gasteiger partial charge in [-0.25, -0.2) is 9.82 Å². The van der Waals surface area contributed by atoms with E-state index in [-0.39, 0.29) is 11.7 Å². The first kappa shape index (κ1) is 25.3. The van der Waals surface area contributed by atoms with Crippen LogP contribution in [-0.4, -0.2) is 12.1 Å². The number of carbonyl (C=O) groups excluding carboxylic acids is 1. The molecule has 0 aliphatic carbocycles. The Morgan fingerprint density at radius 1 is 0.793 bits per heavy atom. The van der Waals surface area contributed by atoms with Gasteiger partial charge in [0, 0.05) is 6.42 Å². The van der Waals surface area contributed by atoms with E-state index < -0.39 is 0 Å². The minimum atomic E-state index is -0.278. The van der Waals surface area contributed by atoms with Gasteiger partial charge in [-0.3, -0.25) is 4.79 Å². The second-order valence-corrected chi connectivity index (χ2v) is 8.04. The molecule has 0 atom stereocenters. The molecule has 0 saturated carbocycles. The van der Waals surface area contributed by atoms with Gasteiger partial charge >= 0.3 is 0 Å². The van der Waals surface area contributed by atoms with Gasteiger partial charge in [0.2, 0.25) is 5.91 Å². The summed E-state index contributed by atoms with van der Waals surface area (Å²) in [5.41, 5.74) is 3.29. The van der Waals surface area contributed by atoms with Crippen molar-refractivity contribution in [1.29, 1.82) is 0 Å². The minimum absolute atomic E-state index is 0.0574. The Morgan fingerprint density at radius 3 is 1.72 bits per heavy atom. The number of hydrazone groups is 1. The van der Waals surface area contributed by atoms with Gasteiger partial charge in [-0.05, 0) is 24.1 Å². The fraction of sp³-hybridized carbons (Fsp3) is 0.680. The van der Waals surface area contributed by atoms with Crippen LogP contribution in [0, 0.1) is 5.82 Å². The predicted octanol–water partition coefficient (Wildman–Crippen LogP) is 7.54. The molecular weight excluding hydrogens is 363 g/mol. The van der Waals surface area contributed by atoms with E-state index >= 15 is 0 Å². The molecule has 1 rings (SSSR count). The van der Waals surface area contributed by atoms with E-state index in [2.05, 4.69) is 17.5 Å². The largest absolute Gasteiger partial charge is 0.273 e. The number of nitrogens with one attached hydrogen (secondary N) is 1. The van der Waals surface area contributed by atoms with Crippen LogP contribution in [0.4, 0.5) is 4.39 Å². The van der Waals surface area contributed by atoms with Crippen LogP contribution in [-0.2, 0) is 4.79 Å². The number of halogens is 1. The molecule has 1 amide bonds. The number of rotatable bonds is 18. The lowest BCUT2D eigenvalue weighted by Gasteiger charge is -2.03. The van der Waals surface area contributed by atoms with Crippen LogP contribution in [0.25, 0.3) is 0 Å². The van der Waals surface area contributed by atoms with Crippen molar-refractivity contribution in [3.8, 4) is 0 Å². The summed E-state index contributed by atoms with van der Waals surface area (Å²) in [5, 5.41) is 3.91. The third-order valence-electron chi connectivity index (χ3n) is 5.28. The van der Waals surface area contributed by atoms with E-state index in [1.54, 1.807) is 12.1 Å². The molecule has 0 radical (unpaired) electrons. The Kier molecular flexibility index (Phi) is 16.0. The highest BCUT2D eigenvalue weighted by atomic mass is 19.1. The third-order valence-corrected chi connectivity index (χ3v) is 5.28. The molecule has 3 nitrogen and oxygen atoms in total. The quantitative estimate of drug-likeness (QED) is 0.153. The van der Waals surface area contributed by atoms with Crippen molar-refractivity contribution in [2.75, 3.05) is 0 Å². The maximum Gasteiger partial charge on any atom is 0.240 e. The molecule has 1 N–H and O–H groups in total. The van der Waals surface area contributed by atoms with E-state index in [1.165, 1.54) is 102 Å². The molecule has 0 aliphatic heterocycles. The van der Waals surface area contributed by atoms with Crippen molar-refractivity contribution < 1.29 is 9.18 Å². The molecule has 0 aliphatic rings. The zero-order valence-corrected chi connectivity index (χ0v) is 18.4. The molecule has 0 spiro atoms. The van der Waals surface area contributed by atoms with E-state index in [0.29, 0.717) is 6.42 Å². The highest BCUT2D eigenvalue weighted by Crippen LogP contribution is 2.13. The van der Waals surface area contributed by atoms with Crippen LogP contribution >= 0.6 is 0 Å². The SMILES string of the molecule is CCCCCCCCCCCCCCCCCC(=O)N/N=C/c1ccc(F)cc1. The molecule has 0 aromatic heterocycles. The van der Waals surface area contributed by atoms with Crippen molar-refractivity contribution in [2.24, 2.45) is 5.10 Å². The monoisotopic (exact) mass is 404 g/mol. The van der Waals surface area contributed by atoms with Gasteiger partial charge in [-0.2, -0.15) is 5.10 Å². The molecule has 0 heterocycles. The Morgan fingerprint density at radius 2 is 1.24 bits per heavy atom. The summed E-state index contributed by atoms with van der Waals surface area (Å²) in [6, 6.07) is 6.00. The summed E-state index contributed by atoms with van der Waals surface area (Å²) < 4.78 is 12.8. The Bertz CT molecular complexity index is 542. The average molecular weight is 405 g/mol. The molecule has 0 saturated heterocycles. The number of amides is 1. The van der Waals surface area contributed by atoms with Crippen molar-refractivity contribution in [2.45, 2.75) is 110 Å². The summed E-state index contributed by atoms with van der Waals surface area (Å²) in [7, 11) is 0.